The van der Waals surface area contributed by atoms with Gasteiger partial charge < -0.3 is 26.0 Å². The zero-order valence-electron chi connectivity index (χ0n) is 24.7. The first-order chi connectivity index (χ1) is 20.8. The Morgan fingerprint density at radius 3 is 2.21 bits per heavy atom. The third-order valence-corrected chi connectivity index (χ3v) is 8.17. The van der Waals surface area contributed by atoms with Gasteiger partial charge in [0.2, 0.25) is 5.95 Å². The van der Waals surface area contributed by atoms with E-state index in [-0.39, 0.29) is 35.2 Å². The van der Waals surface area contributed by atoms with E-state index in [4.69, 9.17) is 10.5 Å². The van der Waals surface area contributed by atoms with Crippen LogP contribution in [-0.4, -0.2) is 70.0 Å². The number of carbonyl (C=O) groups is 3. The maximum absolute atomic E-state index is 12.9. The molecule has 2 aliphatic rings. The first-order valence-corrected chi connectivity index (χ1v) is 14.9. The van der Waals surface area contributed by atoms with Crippen molar-refractivity contribution in [3.8, 4) is 0 Å². The lowest BCUT2D eigenvalue weighted by atomic mass is 9.82. The van der Waals surface area contributed by atoms with Crippen molar-refractivity contribution < 1.29 is 19.1 Å². The summed E-state index contributed by atoms with van der Waals surface area (Å²) >= 11 is 0. The molecule has 3 aromatic rings. The Morgan fingerprint density at radius 1 is 0.930 bits per heavy atom. The fourth-order valence-electron chi connectivity index (χ4n) is 5.55. The highest BCUT2D eigenvalue weighted by Gasteiger charge is 2.25. The number of hydrogen-bond acceptors (Lipinski definition) is 9. The fraction of sp³-hybridized carbons (Fsp3) is 0.438. The predicted octanol–water partition coefficient (Wildman–Crippen LogP) is 4.55. The third-order valence-electron chi connectivity index (χ3n) is 8.17. The first-order valence-electron chi connectivity index (χ1n) is 14.9. The fourth-order valence-corrected chi connectivity index (χ4v) is 5.55. The largest absolute Gasteiger partial charge is 0.378 e. The van der Waals surface area contributed by atoms with Gasteiger partial charge in [-0.3, -0.25) is 14.4 Å². The summed E-state index contributed by atoms with van der Waals surface area (Å²) in [4.78, 5) is 43.9. The minimum absolute atomic E-state index is 0.0535. The highest BCUT2D eigenvalue weighted by molar-refractivity contribution is 5.97. The van der Waals surface area contributed by atoms with Crippen LogP contribution in [0.1, 0.15) is 88.6 Å². The molecule has 1 aromatic heterocycles. The van der Waals surface area contributed by atoms with Crippen LogP contribution in [0.2, 0.25) is 0 Å². The molecule has 0 spiro atoms. The molecule has 226 valence electrons. The number of nitrogens with two attached hydrogens (primary N) is 1. The van der Waals surface area contributed by atoms with Gasteiger partial charge in [-0.2, -0.15) is 4.98 Å². The summed E-state index contributed by atoms with van der Waals surface area (Å²) in [6, 6.07) is 15.0. The first kappa shape index (κ1) is 30.1. The number of hydrogen-bond donors (Lipinski definition) is 3. The minimum Gasteiger partial charge on any atom is -0.378 e. The Hall–Kier alpha value is -4.38. The smallest absolute Gasteiger partial charge is 0.273 e. The number of benzene rings is 2. The Balaban J connectivity index is 1.17. The van der Waals surface area contributed by atoms with Crippen molar-refractivity contribution in [1.29, 1.82) is 0 Å². The Morgan fingerprint density at radius 2 is 1.58 bits per heavy atom. The zero-order valence-corrected chi connectivity index (χ0v) is 24.7. The van der Waals surface area contributed by atoms with Crippen molar-refractivity contribution in [1.82, 2.24) is 20.1 Å². The molecule has 2 amide bonds. The van der Waals surface area contributed by atoms with E-state index in [1.165, 1.54) is 5.56 Å². The number of carbonyl (C=O) groups excluding carboxylic acids is 3. The van der Waals surface area contributed by atoms with Crippen molar-refractivity contribution in [2.45, 2.75) is 57.9 Å². The number of morpholine rings is 1. The topological polar surface area (TPSA) is 152 Å². The highest BCUT2D eigenvalue weighted by atomic mass is 16.5. The number of aromatic nitrogens is 3. The van der Waals surface area contributed by atoms with Crippen LogP contribution in [0.15, 0.2) is 48.5 Å². The number of nitrogens with zero attached hydrogens (tertiary/aromatic N) is 4. The molecule has 0 radical (unpaired) electrons. The van der Waals surface area contributed by atoms with E-state index in [0.29, 0.717) is 55.8 Å². The lowest BCUT2D eigenvalue weighted by molar-refractivity contribution is 0.0303. The number of ether oxygens (including phenoxy) is 1. The van der Waals surface area contributed by atoms with E-state index in [0.717, 1.165) is 31.2 Å². The van der Waals surface area contributed by atoms with Crippen LogP contribution in [0.5, 0.6) is 0 Å². The molecule has 2 fully saturated rings. The number of Topliss-reactive ketones (excluding diaryl/α,β-unsaturated/α-hetero) is 1. The Bertz CT molecular complexity index is 1430. The van der Waals surface area contributed by atoms with Crippen LogP contribution in [0.25, 0.3) is 0 Å². The molecule has 1 saturated heterocycles. The van der Waals surface area contributed by atoms with Gasteiger partial charge in [0.05, 0.1) is 13.2 Å². The van der Waals surface area contributed by atoms with E-state index < -0.39 is 5.91 Å². The molecule has 0 unspecified atom stereocenters. The van der Waals surface area contributed by atoms with Crippen LogP contribution >= 0.6 is 0 Å². The number of amides is 2. The number of nitrogens with one attached hydrogen (secondary N) is 2. The van der Waals surface area contributed by atoms with Crippen LogP contribution in [0, 0.1) is 5.92 Å². The van der Waals surface area contributed by atoms with Crippen LogP contribution in [0.3, 0.4) is 0 Å². The molecule has 2 aromatic carbocycles. The van der Waals surface area contributed by atoms with E-state index >= 15 is 0 Å². The molecule has 0 atom stereocenters. The van der Waals surface area contributed by atoms with Crippen LogP contribution < -0.4 is 16.4 Å². The summed E-state index contributed by atoms with van der Waals surface area (Å²) in [6.45, 7) is 6.49. The molecule has 11 nitrogen and oxygen atoms in total. The van der Waals surface area contributed by atoms with Crippen LogP contribution in [0.4, 0.5) is 17.5 Å². The second-order valence-electron chi connectivity index (χ2n) is 11.6. The molecule has 1 aliphatic heterocycles. The molecular weight excluding hydrogens is 546 g/mol. The monoisotopic (exact) mass is 585 g/mol. The summed E-state index contributed by atoms with van der Waals surface area (Å²) in [7, 11) is 0. The molecule has 5 rings (SSSR count). The standard InChI is InChI=1S/C32H39N7O4/c1-20(2)22-5-7-23(8-6-22)27(40)19-21-3-11-26(12-4-21)35-32-36-30(28(29(33)41)37-38-32)34-25-13-9-24(10-14-25)31(42)39-15-17-43-18-16-39/h5-10,13-14,20-21,26H,3-4,11-12,15-19H2,1-2H3,(H2,33,41)(H2,34,35,36,38). The van der Waals surface area contributed by atoms with E-state index in [9.17, 15) is 14.4 Å². The number of ketones is 1. The zero-order chi connectivity index (χ0) is 30.3. The summed E-state index contributed by atoms with van der Waals surface area (Å²) in [6.07, 6.45) is 4.12. The Kier molecular flexibility index (Phi) is 9.61. The molecular formula is C32H39N7O4. The van der Waals surface area contributed by atoms with Crippen molar-refractivity contribution in [3.05, 3.63) is 70.9 Å². The maximum Gasteiger partial charge on any atom is 0.273 e. The molecule has 0 bridgehead atoms. The van der Waals surface area contributed by atoms with Gasteiger partial charge in [-0.25, -0.2) is 0 Å². The van der Waals surface area contributed by atoms with Crippen molar-refractivity contribution in [3.63, 3.8) is 0 Å². The number of anilines is 3. The van der Waals surface area contributed by atoms with Gasteiger partial charge in [-0.15, -0.1) is 10.2 Å². The average Bonchev–Trinajstić information content (AvgIpc) is 3.02. The number of rotatable bonds is 10. The third kappa shape index (κ3) is 7.72. The van der Waals surface area contributed by atoms with Crippen molar-refractivity contribution in [2.75, 3.05) is 36.9 Å². The minimum atomic E-state index is -0.753. The van der Waals surface area contributed by atoms with Gasteiger partial charge in [-0.05, 0) is 67.3 Å². The van der Waals surface area contributed by atoms with Crippen molar-refractivity contribution >= 4 is 35.1 Å². The van der Waals surface area contributed by atoms with Gasteiger partial charge in [0.1, 0.15) is 0 Å². The second kappa shape index (κ2) is 13.7. The maximum atomic E-state index is 12.9. The van der Waals surface area contributed by atoms with E-state index in [2.05, 4.69) is 39.7 Å². The molecule has 4 N–H and O–H groups in total. The molecule has 43 heavy (non-hydrogen) atoms. The van der Waals surface area contributed by atoms with Gasteiger partial charge >= 0.3 is 0 Å². The van der Waals surface area contributed by atoms with E-state index in [1.54, 1.807) is 29.2 Å². The molecule has 1 saturated carbocycles. The lowest BCUT2D eigenvalue weighted by Crippen LogP contribution is -2.40. The molecule has 11 heteroatoms. The summed E-state index contributed by atoms with van der Waals surface area (Å²) in [5.74, 6) is 0.627. The van der Waals surface area contributed by atoms with Crippen LogP contribution in [-0.2, 0) is 4.74 Å². The average molecular weight is 586 g/mol. The number of primary amides is 1. The van der Waals surface area contributed by atoms with Crippen molar-refractivity contribution in [2.24, 2.45) is 11.7 Å². The Labute approximate surface area is 251 Å². The lowest BCUT2D eigenvalue weighted by Gasteiger charge is -2.28. The van der Waals surface area contributed by atoms with Gasteiger partial charge in [0, 0.05) is 42.4 Å². The SMILES string of the molecule is CC(C)c1ccc(C(=O)CC2CCC(Nc3nnc(C(N)=O)c(Nc4ccc(C(=O)N5CCOCC5)cc4)n3)CC2)cc1. The summed E-state index contributed by atoms with van der Waals surface area (Å²) in [5, 5.41) is 14.5. The normalized spacial score (nSPS) is 18.7. The van der Waals surface area contributed by atoms with Gasteiger partial charge in [0.15, 0.2) is 17.3 Å². The van der Waals surface area contributed by atoms with Gasteiger partial charge in [0.25, 0.3) is 11.8 Å². The van der Waals surface area contributed by atoms with E-state index in [1.807, 2.05) is 24.3 Å². The summed E-state index contributed by atoms with van der Waals surface area (Å²) in [5.41, 5.74) is 8.65. The molecule has 2 heterocycles. The quantitative estimate of drug-likeness (QED) is 0.291. The van der Waals surface area contributed by atoms with Gasteiger partial charge in [-0.1, -0.05) is 38.1 Å². The predicted molar refractivity (Wildman–Crippen MR) is 164 cm³/mol. The second-order valence-corrected chi connectivity index (χ2v) is 11.6. The molecule has 1 aliphatic carbocycles. The summed E-state index contributed by atoms with van der Waals surface area (Å²) < 4.78 is 5.32. The highest BCUT2D eigenvalue weighted by Crippen LogP contribution is 2.30.